The Morgan fingerprint density at radius 2 is 0.688 bits per heavy atom. The standard InChI is InChI=1S/C101H167N2O21P/c1-7-13-19-25-31-33-39-42-53-68-83(116-90(107)71-59-44-36-28-22-16-10-4)74-88(105)102-94-97(112)96(111)87(120-100(94)114-78-80-62-50-47-51-63-80)79-115-101-95(103-89(106)75-84(69-52-41-35-27-21-15-9-3)117-91(108)72-60-45-37-29-23-17-11-5)99(98(86(77-104)119-101)124-125(113,122-81-64-55-48-56-65-81)123-82-66-57-49-58-67-82)121-93(110)76-85(70-54-43-40-34-32-26-20-14-8-2)118-92(109)73-61-46-38-30-24-18-12-6/h47-51,55-58,62-67,83-87,94-101,104,111-112H,7-46,52-54,59-61,68-79H2,1-6H3,(H,102,105)(H,103,106)/t83-,84-,85-,86-,87-,94-,95-,96-,97-,98-,99-,100-,101-/m1/s1. The number of unbranched alkanes of at least 4 members (excludes halogenated alkanes) is 40. The van der Waals surface area contributed by atoms with E-state index in [4.69, 9.17) is 51.5 Å². The normalized spacial score (nSPS) is 19.7. The SMILES string of the molecule is CCCCCCCCCCC[C@H](CC(=O)N[C@H]1[C@H](OCc2ccccc2)O[C@H](CO[C@@H]2O[C@H](CO)[C@@H](OP(=O)(Oc3ccccc3)Oc3ccccc3)[C@H](OC(=O)C[C@@H](CCCCCCCCCCC)OC(=O)CCCCCCCCC)[C@H]2NC(=O)C[C@@H](CCCCCCCCC)OC(=O)CCCCCCCCC)[C@@H](O)[C@@H]1O)OC(=O)CCCCCCCCC. The van der Waals surface area contributed by atoms with Crippen molar-refractivity contribution in [1.29, 1.82) is 0 Å². The minimum atomic E-state index is -5.08. The molecule has 2 amide bonds. The summed E-state index contributed by atoms with van der Waals surface area (Å²) in [7, 11) is -5.08. The van der Waals surface area contributed by atoms with Crippen LogP contribution >= 0.6 is 7.82 Å². The Kier molecular flexibility index (Phi) is 61.2. The quantitative estimate of drug-likeness (QED) is 0.0152. The lowest BCUT2D eigenvalue weighted by atomic mass is 9.95. The predicted molar refractivity (Wildman–Crippen MR) is 492 cm³/mol. The van der Waals surface area contributed by atoms with E-state index in [0.717, 1.165) is 218 Å². The minimum absolute atomic E-state index is 0.0410. The van der Waals surface area contributed by atoms with E-state index in [-0.39, 0.29) is 49.8 Å². The molecule has 0 aliphatic carbocycles. The first kappa shape index (κ1) is 110. The van der Waals surface area contributed by atoms with E-state index in [1.807, 2.05) is 30.3 Å². The summed E-state index contributed by atoms with van der Waals surface area (Å²) >= 11 is 0. The van der Waals surface area contributed by atoms with Crippen LogP contribution in [-0.2, 0) is 82.4 Å². The third-order valence-corrected chi connectivity index (χ3v) is 25.1. The number of amides is 2. The average Bonchev–Trinajstić information content (AvgIpc) is 0.781. The predicted octanol–water partition coefficient (Wildman–Crippen LogP) is 23.2. The fourth-order valence-electron chi connectivity index (χ4n) is 16.4. The zero-order valence-corrected chi connectivity index (χ0v) is 78.7. The van der Waals surface area contributed by atoms with Crippen molar-refractivity contribution in [3.05, 3.63) is 96.6 Å². The molecule has 2 saturated heterocycles. The first-order valence-electron chi connectivity index (χ1n) is 49.6. The highest BCUT2D eigenvalue weighted by atomic mass is 31.2. The maximum atomic E-state index is 15.9. The number of nitrogens with one attached hydrogen (secondary N) is 2. The second kappa shape index (κ2) is 69.9. The molecule has 0 radical (unpaired) electrons. The van der Waals surface area contributed by atoms with E-state index in [0.29, 0.717) is 56.9 Å². The highest BCUT2D eigenvalue weighted by Crippen LogP contribution is 2.53. The van der Waals surface area contributed by atoms with Gasteiger partial charge in [-0.3, -0.25) is 33.3 Å². The number of phosphoric acid groups is 1. The molecule has 0 spiro atoms. The Hall–Kier alpha value is -6.01. The van der Waals surface area contributed by atoms with Gasteiger partial charge in [-0.25, -0.2) is 4.57 Å². The van der Waals surface area contributed by atoms with Gasteiger partial charge < -0.3 is 72.9 Å². The van der Waals surface area contributed by atoms with Crippen LogP contribution in [0.25, 0.3) is 0 Å². The van der Waals surface area contributed by atoms with Crippen molar-refractivity contribution in [3.8, 4) is 11.5 Å². The van der Waals surface area contributed by atoms with Crippen molar-refractivity contribution < 1.29 is 100 Å². The summed E-state index contributed by atoms with van der Waals surface area (Å²) in [6, 6.07) is 22.2. The molecule has 0 bridgehead atoms. The van der Waals surface area contributed by atoms with Gasteiger partial charge in [0.25, 0.3) is 0 Å². The second-order valence-electron chi connectivity index (χ2n) is 35.1. The molecule has 13 atom stereocenters. The molecular weight excluding hydrogens is 1610 g/mol. The molecule has 2 aliphatic heterocycles. The Balaban J connectivity index is 1.60. The van der Waals surface area contributed by atoms with Gasteiger partial charge in [-0.15, -0.1) is 0 Å². The van der Waals surface area contributed by atoms with Gasteiger partial charge in [0.15, 0.2) is 18.7 Å². The van der Waals surface area contributed by atoms with Crippen LogP contribution in [0.4, 0.5) is 0 Å². The molecule has 2 aliphatic rings. The van der Waals surface area contributed by atoms with Crippen molar-refractivity contribution >= 4 is 43.5 Å². The molecule has 3 aromatic rings. The molecule has 712 valence electrons. The van der Waals surface area contributed by atoms with Crippen molar-refractivity contribution in [2.45, 2.75) is 481 Å². The van der Waals surface area contributed by atoms with Gasteiger partial charge in [0.2, 0.25) is 11.8 Å². The number of hydrogen-bond donors (Lipinski definition) is 5. The fraction of sp³-hybridized carbons (Fsp3) is 0.762. The Bertz CT molecular complexity index is 3220. The van der Waals surface area contributed by atoms with E-state index in [2.05, 4.69) is 52.2 Å². The molecule has 0 aromatic heterocycles. The number of phosphoric ester groups is 1. The number of hydrogen-bond acceptors (Lipinski definition) is 21. The van der Waals surface area contributed by atoms with Crippen LogP contribution in [0.1, 0.15) is 400 Å². The van der Waals surface area contributed by atoms with Crippen molar-refractivity contribution in [2.24, 2.45) is 0 Å². The lowest BCUT2D eigenvalue weighted by Gasteiger charge is -2.46. The molecule has 3 aromatic carbocycles. The van der Waals surface area contributed by atoms with Crippen molar-refractivity contribution in [3.63, 3.8) is 0 Å². The number of benzene rings is 3. The van der Waals surface area contributed by atoms with Crippen molar-refractivity contribution in [1.82, 2.24) is 10.6 Å². The molecular formula is C101H167N2O21P. The smallest absolute Gasteiger partial charge is 0.462 e. The Morgan fingerprint density at radius 1 is 0.368 bits per heavy atom. The monoisotopic (exact) mass is 1780 g/mol. The van der Waals surface area contributed by atoms with E-state index in [9.17, 15) is 34.5 Å². The van der Waals surface area contributed by atoms with Crippen LogP contribution in [-0.4, -0.2) is 144 Å². The largest absolute Gasteiger partial charge is 0.588 e. The first-order chi connectivity index (χ1) is 60.9. The molecule has 5 N–H and O–H groups in total. The minimum Gasteiger partial charge on any atom is -0.462 e. The summed E-state index contributed by atoms with van der Waals surface area (Å²) in [6.45, 7) is 11.4. The van der Waals surface area contributed by atoms with Crippen LogP contribution in [0.5, 0.6) is 11.5 Å². The number of carbonyl (C=O) groups is 6. The van der Waals surface area contributed by atoms with Gasteiger partial charge in [-0.1, -0.05) is 365 Å². The topological polar surface area (TPSA) is 306 Å². The van der Waals surface area contributed by atoms with E-state index < -0.39 is 143 Å². The summed E-state index contributed by atoms with van der Waals surface area (Å²) in [5.41, 5.74) is 0.710. The lowest BCUT2D eigenvalue weighted by molar-refractivity contribution is -0.304. The fourth-order valence-corrected chi connectivity index (χ4v) is 17.8. The van der Waals surface area contributed by atoms with Gasteiger partial charge in [0.1, 0.15) is 72.4 Å². The number of aliphatic hydroxyl groups excluding tert-OH is 3. The average molecular weight is 1780 g/mol. The van der Waals surface area contributed by atoms with Crippen LogP contribution in [0.3, 0.4) is 0 Å². The molecule has 0 unspecified atom stereocenters. The maximum absolute atomic E-state index is 15.9. The third-order valence-electron chi connectivity index (χ3n) is 23.8. The summed E-state index contributed by atoms with van der Waals surface area (Å²) in [5.74, 6) is -3.48. The lowest BCUT2D eigenvalue weighted by Crippen LogP contribution is -2.67. The van der Waals surface area contributed by atoms with Gasteiger partial charge in [0.05, 0.1) is 39.1 Å². The molecule has 125 heavy (non-hydrogen) atoms. The summed E-state index contributed by atoms with van der Waals surface area (Å²) in [5, 5.41) is 42.7. The summed E-state index contributed by atoms with van der Waals surface area (Å²) < 4.78 is 86.9. The van der Waals surface area contributed by atoms with E-state index in [1.165, 1.54) is 69.2 Å². The summed E-state index contributed by atoms with van der Waals surface area (Å²) in [6.07, 6.45) is 30.2. The number of esters is 4. The number of para-hydroxylation sites is 2. The Morgan fingerprint density at radius 3 is 1.06 bits per heavy atom. The molecule has 5 rings (SSSR count). The zero-order valence-electron chi connectivity index (χ0n) is 77.8. The molecule has 24 heteroatoms. The Labute approximate surface area is 752 Å². The zero-order chi connectivity index (χ0) is 90.0. The van der Waals surface area contributed by atoms with E-state index >= 15 is 14.2 Å². The van der Waals surface area contributed by atoms with Gasteiger partial charge >= 0.3 is 31.7 Å². The number of rotatable bonds is 77. The molecule has 0 saturated carbocycles. The molecule has 23 nitrogen and oxygen atoms in total. The van der Waals surface area contributed by atoms with Gasteiger partial charge in [-0.2, -0.15) is 0 Å². The second-order valence-corrected chi connectivity index (χ2v) is 36.5. The number of aliphatic hydroxyl groups is 3. The van der Waals surface area contributed by atoms with Crippen molar-refractivity contribution in [2.75, 3.05) is 13.2 Å². The molecule has 2 fully saturated rings. The molecule has 2 heterocycles. The third kappa shape index (κ3) is 49.5. The number of ether oxygens (including phenoxy) is 8. The van der Waals surface area contributed by atoms with Crippen LogP contribution < -0.4 is 19.7 Å². The number of carbonyl (C=O) groups excluding carboxylic acids is 6. The van der Waals surface area contributed by atoms with Crippen LogP contribution in [0.15, 0.2) is 91.0 Å². The van der Waals surface area contributed by atoms with Crippen LogP contribution in [0.2, 0.25) is 0 Å². The van der Waals surface area contributed by atoms with Gasteiger partial charge in [-0.05, 0) is 87.6 Å². The van der Waals surface area contributed by atoms with Gasteiger partial charge in [0, 0.05) is 19.3 Å². The first-order valence-corrected chi connectivity index (χ1v) is 51.1. The van der Waals surface area contributed by atoms with Crippen LogP contribution in [0, 0.1) is 0 Å². The summed E-state index contributed by atoms with van der Waals surface area (Å²) in [4.78, 5) is 87.2. The van der Waals surface area contributed by atoms with E-state index in [1.54, 1.807) is 36.4 Å². The highest BCUT2D eigenvalue weighted by molar-refractivity contribution is 7.49. The maximum Gasteiger partial charge on any atom is 0.588 e. The highest BCUT2D eigenvalue weighted by Gasteiger charge is 2.55.